The third kappa shape index (κ3) is 3.79. The average Bonchev–Trinajstić information content (AvgIpc) is 3.12. The number of benzene rings is 3. The molecule has 27 heavy (non-hydrogen) atoms. The van der Waals surface area contributed by atoms with Gasteiger partial charge in [-0.3, -0.25) is 15.1 Å². The topological polar surface area (TPSA) is 68.4 Å². The minimum Gasteiger partial charge on any atom is -0.258 e. The summed E-state index contributed by atoms with van der Waals surface area (Å²) in [5.74, 6) is 0. The number of rotatable bonds is 4. The number of fused-ring (bicyclic) bond motifs is 1. The largest absolute Gasteiger partial charge is 0.284 e. The van der Waals surface area contributed by atoms with Crippen molar-refractivity contribution in [1.29, 1.82) is 0 Å². The molecule has 0 spiro atoms. The van der Waals surface area contributed by atoms with Crippen LogP contribution in [-0.2, 0) is 0 Å². The van der Waals surface area contributed by atoms with Crippen molar-refractivity contribution >= 4 is 55.1 Å². The molecule has 0 aliphatic carbocycles. The normalized spacial score (nSPS) is 11.3. The van der Waals surface area contributed by atoms with Gasteiger partial charge in [-0.1, -0.05) is 18.2 Å². The highest BCUT2D eigenvalue weighted by atomic mass is 79.9. The van der Waals surface area contributed by atoms with Crippen molar-refractivity contribution < 1.29 is 4.92 Å². The number of halogens is 1. The Bertz CT molecular complexity index is 1140. The second kappa shape index (κ2) is 7.38. The van der Waals surface area contributed by atoms with E-state index in [0.29, 0.717) is 10.0 Å². The molecule has 5 nitrogen and oxygen atoms in total. The standard InChI is InChI=1S/C20H12BrN3O2S/c21-16-10-5-13(11-18(16)24(25)26)12-22-15-8-6-14(7-9-15)20-23-17-3-1-2-4-19(17)27-20/h1-12H. The second-order valence-corrected chi connectivity index (χ2v) is 7.64. The van der Waals surface area contributed by atoms with E-state index in [4.69, 9.17) is 0 Å². The highest BCUT2D eigenvalue weighted by Gasteiger charge is 2.11. The van der Waals surface area contributed by atoms with Crippen molar-refractivity contribution in [2.45, 2.75) is 0 Å². The van der Waals surface area contributed by atoms with E-state index < -0.39 is 4.92 Å². The molecule has 7 heteroatoms. The smallest absolute Gasteiger partial charge is 0.258 e. The summed E-state index contributed by atoms with van der Waals surface area (Å²) in [5, 5.41) is 12.0. The predicted molar refractivity (Wildman–Crippen MR) is 113 cm³/mol. The summed E-state index contributed by atoms with van der Waals surface area (Å²) in [6.07, 6.45) is 1.62. The molecule has 4 aromatic rings. The first-order valence-electron chi connectivity index (χ1n) is 8.04. The van der Waals surface area contributed by atoms with E-state index >= 15 is 0 Å². The van der Waals surface area contributed by atoms with Gasteiger partial charge < -0.3 is 0 Å². The lowest BCUT2D eigenvalue weighted by atomic mass is 10.2. The molecule has 132 valence electrons. The molecule has 0 bridgehead atoms. The summed E-state index contributed by atoms with van der Waals surface area (Å²) in [4.78, 5) is 19.6. The quantitative estimate of drug-likeness (QED) is 0.211. The molecule has 3 aromatic carbocycles. The van der Waals surface area contributed by atoms with Gasteiger partial charge in [-0.2, -0.15) is 0 Å². The zero-order valence-electron chi connectivity index (χ0n) is 13.9. The zero-order chi connectivity index (χ0) is 18.8. The summed E-state index contributed by atoms with van der Waals surface area (Å²) in [7, 11) is 0. The average molecular weight is 438 g/mol. The Morgan fingerprint density at radius 2 is 1.85 bits per heavy atom. The Kier molecular flexibility index (Phi) is 4.79. The van der Waals surface area contributed by atoms with E-state index in [-0.39, 0.29) is 5.69 Å². The fourth-order valence-electron chi connectivity index (χ4n) is 2.58. The van der Waals surface area contributed by atoms with Crippen LogP contribution in [0, 0.1) is 10.1 Å². The van der Waals surface area contributed by atoms with Crippen LogP contribution in [0.1, 0.15) is 5.56 Å². The lowest BCUT2D eigenvalue weighted by molar-refractivity contribution is -0.385. The fraction of sp³-hybridized carbons (Fsp3) is 0. The Labute approximate surface area is 167 Å². The number of aliphatic imine (C=N–C) groups is 1. The van der Waals surface area contributed by atoms with Crippen molar-refractivity contribution in [2.75, 3.05) is 0 Å². The molecule has 0 aliphatic heterocycles. The van der Waals surface area contributed by atoms with Gasteiger partial charge in [-0.25, -0.2) is 4.98 Å². The SMILES string of the molecule is O=[N+]([O-])c1cc(C=Nc2ccc(-c3nc4ccccc4s3)cc2)ccc1Br. The Morgan fingerprint density at radius 3 is 2.59 bits per heavy atom. The fourth-order valence-corrected chi connectivity index (χ4v) is 3.95. The Morgan fingerprint density at radius 1 is 1.07 bits per heavy atom. The van der Waals surface area contributed by atoms with Gasteiger partial charge in [0, 0.05) is 17.8 Å². The van der Waals surface area contributed by atoms with Gasteiger partial charge in [0.05, 0.1) is 25.3 Å². The van der Waals surface area contributed by atoms with Gasteiger partial charge in [0.1, 0.15) is 5.01 Å². The molecule has 0 saturated carbocycles. The predicted octanol–water partition coefficient (Wildman–Crippen LogP) is 6.38. The molecule has 0 fully saturated rings. The third-order valence-corrected chi connectivity index (χ3v) is 5.69. The van der Waals surface area contributed by atoms with Gasteiger partial charge >= 0.3 is 0 Å². The Balaban J connectivity index is 1.56. The highest BCUT2D eigenvalue weighted by Crippen LogP contribution is 2.31. The van der Waals surface area contributed by atoms with Gasteiger partial charge in [0.15, 0.2) is 0 Å². The first-order chi connectivity index (χ1) is 13.1. The number of para-hydroxylation sites is 1. The van der Waals surface area contributed by atoms with Crippen molar-refractivity contribution in [3.63, 3.8) is 0 Å². The molecular weight excluding hydrogens is 426 g/mol. The Hall–Kier alpha value is -2.90. The molecular formula is C20H12BrN3O2S. The third-order valence-electron chi connectivity index (χ3n) is 3.94. The molecule has 0 amide bonds. The molecule has 0 atom stereocenters. The first-order valence-corrected chi connectivity index (χ1v) is 9.65. The summed E-state index contributed by atoms with van der Waals surface area (Å²) in [5.41, 5.74) is 3.49. The van der Waals surface area contributed by atoms with Crippen LogP contribution in [0.3, 0.4) is 0 Å². The minimum atomic E-state index is -0.422. The molecule has 0 radical (unpaired) electrons. The van der Waals surface area contributed by atoms with Gasteiger partial charge in [0.2, 0.25) is 0 Å². The maximum atomic E-state index is 11.0. The number of hydrogen-bond donors (Lipinski definition) is 0. The van der Waals surface area contributed by atoms with Crippen LogP contribution in [0.5, 0.6) is 0 Å². The number of hydrogen-bond acceptors (Lipinski definition) is 5. The van der Waals surface area contributed by atoms with Crippen molar-refractivity contribution in [3.05, 3.63) is 86.9 Å². The number of aromatic nitrogens is 1. The van der Waals surface area contributed by atoms with Crippen LogP contribution >= 0.6 is 27.3 Å². The molecule has 4 rings (SSSR count). The monoisotopic (exact) mass is 437 g/mol. The van der Waals surface area contributed by atoms with Gasteiger partial charge in [0.25, 0.3) is 5.69 Å². The van der Waals surface area contributed by atoms with Gasteiger partial charge in [-0.15, -0.1) is 11.3 Å². The highest BCUT2D eigenvalue weighted by molar-refractivity contribution is 9.10. The summed E-state index contributed by atoms with van der Waals surface area (Å²) < 4.78 is 1.61. The van der Waals surface area contributed by atoms with E-state index in [1.54, 1.807) is 29.7 Å². The van der Waals surface area contributed by atoms with Crippen LogP contribution in [0.25, 0.3) is 20.8 Å². The van der Waals surface area contributed by atoms with Crippen molar-refractivity contribution in [2.24, 2.45) is 4.99 Å². The second-order valence-electron chi connectivity index (χ2n) is 5.76. The van der Waals surface area contributed by atoms with E-state index in [2.05, 4.69) is 32.0 Å². The maximum absolute atomic E-state index is 11.0. The number of nitro groups is 1. The molecule has 0 N–H and O–H groups in total. The molecule has 0 saturated heterocycles. The lowest BCUT2D eigenvalue weighted by Crippen LogP contribution is -1.91. The summed E-state index contributed by atoms with van der Waals surface area (Å²) >= 11 is 4.83. The van der Waals surface area contributed by atoms with Crippen LogP contribution in [0.15, 0.2) is 76.2 Å². The maximum Gasteiger partial charge on any atom is 0.284 e. The van der Waals surface area contributed by atoms with Crippen LogP contribution < -0.4 is 0 Å². The lowest BCUT2D eigenvalue weighted by Gasteiger charge is -1.99. The molecule has 1 aromatic heterocycles. The van der Waals surface area contributed by atoms with E-state index in [9.17, 15) is 10.1 Å². The van der Waals surface area contributed by atoms with E-state index in [0.717, 1.165) is 26.5 Å². The first kappa shape index (κ1) is 17.5. The number of thiazole rings is 1. The van der Waals surface area contributed by atoms with Crippen LogP contribution in [0.4, 0.5) is 11.4 Å². The van der Waals surface area contributed by atoms with E-state index in [1.807, 2.05) is 42.5 Å². The van der Waals surface area contributed by atoms with Gasteiger partial charge in [-0.05, 0) is 64.0 Å². The van der Waals surface area contributed by atoms with Crippen LogP contribution in [-0.4, -0.2) is 16.1 Å². The molecule has 0 unspecified atom stereocenters. The van der Waals surface area contributed by atoms with E-state index in [1.165, 1.54) is 6.07 Å². The number of nitro benzene ring substituents is 1. The molecule has 1 heterocycles. The van der Waals surface area contributed by atoms with Crippen LogP contribution in [0.2, 0.25) is 0 Å². The van der Waals surface area contributed by atoms with Crippen molar-refractivity contribution in [3.8, 4) is 10.6 Å². The summed E-state index contributed by atoms with van der Waals surface area (Å²) in [6.45, 7) is 0. The number of nitrogens with zero attached hydrogens (tertiary/aromatic N) is 3. The summed E-state index contributed by atoms with van der Waals surface area (Å²) in [6, 6.07) is 20.7. The zero-order valence-corrected chi connectivity index (χ0v) is 16.3. The molecule has 0 aliphatic rings. The van der Waals surface area contributed by atoms with Crippen molar-refractivity contribution in [1.82, 2.24) is 4.98 Å². The minimum absolute atomic E-state index is 0.0186.